The van der Waals surface area contributed by atoms with E-state index in [-0.39, 0.29) is 12.3 Å². The van der Waals surface area contributed by atoms with E-state index in [4.69, 9.17) is 10.8 Å². The molecule has 1 aliphatic carbocycles. The number of nitrogen functional groups attached to an aromatic ring is 1. The molecule has 0 spiro atoms. The maximum atomic E-state index is 12.0. The van der Waals surface area contributed by atoms with Crippen LogP contribution in [0.3, 0.4) is 0 Å². The highest BCUT2D eigenvalue weighted by Crippen LogP contribution is 2.35. The molecule has 20 heavy (non-hydrogen) atoms. The third-order valence-electron chi connectivity index (χ3n) is 3.88. The topological polar surface area (TPSA) is 92.4 Å². The summed E-state index contributed by atoms with van der Waals surface area (Å²) in [6.45, 7) is 0. The lowest BCUT2D eigenvalue weighted by molar-refractivity contribution is -0.140. The zero-order chi connectivity index (χ0) is 14.6. The predicted molar refractivity (Wildman–Crippen MR) is 76.2 cm³/mol. The van der Waals surface area contributed by atoms with Crippen molar-refractivity contribution in [3.8, 4) is 0 Å². The number of carbonyl (C=O) groups excluding carboxylic acids is 1. The van der Waals surface area contributed by atoms with Gasteiger partial charge in [-0.1, -0.05) is 18.2 Å². The Labute approximate surface area is 118 Å². The van der Waals surface area contributed by atoms with Gasteiger partial charge in [0.25, 0.3) is 0 Å². The van der Waals surface area contributed by atoms with Crippen molar-refractivity contribution in [2.45, 2.75) is 44.1 Å². The number of nitrogens with one attached hydrogen (secondary N) is 1. The summed E-state index contributed by atoms with van der Waals surface area (Å²) in [5, 5.41) is 11.8. The van der Waals surface area contributed by atoms with Crippen LogP contribution in [-0.4, -0.2) is 22.5 Å². The molecule has 1 aliphatic rings. The van der Waals surface area contributed by atoms with Crippen LogP contribution in [0.4, 0.5) is 5.69 Å². The molecule has 2 rings (SSSR count). The maximum absolute atomic E-state index is 12.0. The standard InChI is InChI=1S/C15H20N2O3/c16-12-5-2-1-4-11(12)6-7-13(18)17-15(8-3-9-15)10-14(19)20/h1-2,4-5H,3,6-10,16H2,(H,17,18)(H,19,20). The normalized spacial score (nSPS) is 16.2. The molecule has 0 bridgehead atoms. The number of carbonyl (C=O) groups is 2. The summed E-state index contributed by atoms with van der Waals surface area (Å²) in [7, 11) is 0. The maximum Gasteiger partial charge on any atom is 0.305 e. The molecule has 5 heteroatoms. The van der Waals surface area contributed by atoms with Gasteiger partial charge in [-0.25, -0.2) is 0 Å². The van der Waals surface area contributed by atoms with Gasteiger partial charge in [0.05, 0.1) is 12.0 Å². The molecule has 1 aromatic carbocycles. The summed E-state index contributed by atoms with van der Waals surface area (Å²) >= 11 is 0. The fourth-order valence-corrected chi connectivity index (χ4v) is 2.61. The Morgan fingerprint density at radius 3 is 2.55 bits per heavy atom. The first-order chi connectivity index (χ1) is 9.51. The third-order valence-corrected chi connectivity index (χ3v) is 3.88. The van der Waals surface area contributed by atoms with E-state index in [1.165, 1.54) is 0 Å². The second kappa shape index (κ2) is 5.94. The Morgan fingerprint density at radius 1 is 1.30 bits per heavy atom. The van der Waals surface area contributed by atoms with Crippen LogP contribution in [0.2, 0.25) is 0 Å². The minimum absolute atomic E-state index is 0.00617. The van der Waals surface area contributed by atoms with Crippen molar-refractivity contribution in [3.63, 3.8) is 0 Å². The lowest BCUT2D eigenvalue weighted by atomic mass is 9.74. The number of para-hydroxylation sites is 1. The monoisotopic (exact) mass is 276 g/mol. The number of hydrogen-bond donors (Lipinski definition) is 3. The number of aryl methyl sites for hydroxylation is 1. The summed E-state index contributed by atoms with van der Waals surface area (Å²) in [5.41, 5.74) is 6.94. The van der Waals surface area contributed by atoms with Gasteiger partial charge in [-0.05, 0) is 37.3 Å². The van der Waals surface area contributed by atoms with E-state index in [9.17, 15) is 9.59 Å². The fraction of sp³-hybridized carbons (Fsp3) is 0.467. The van der Waals surface area contributed by atoms with Gasteiger partial charge in [0.2, 0.25) is 5.91 Å². The highest BCUT2D eigenvalue weighted by molar-refractivity contribution is 5.79. The van der Waals surface area contributed by atoms with E-state index in [0.29, 0.717) is 18.5 Å². The van der Waals surface area contributed by atoms with Gasteiger partial charge in [-0.15, -0.1) is 0 Å². The summed E-state index contributed by atoms with van der Waals surface area (Å²) in [6.07, 6.45) is 3.37. The lowest BCUT2D eigenvalue weighted by Crippen LogP contribution is -2.54. The number of benzene rings is 1. The molecule has 0 aliphatic heterocycles. The van der Waals surface area contributed by atoms with Crippen molar-refractivity contribution in [2.24, 2.45) is 0 Å². The lowest BCUT2D eigenvalue weighted by Gasteiger charge is -2.41. The largest absolute Gasteiger partial charge is 0.481 e. The average Bonchev–Trinajstić information content (AvgIpc) is 2.34. The first-order valence-corrected chi connectivity index (χ1v) is 6.87. The predicted octanol–water partition coefficient (Wildman–Crippen LogP) is 1.71. The Kier molecular flexibility index (Phi) is 4.27. The molecule has 1 amide bonds. The quantitative estimate of drug-likeness (QED) is 0.690. The number of hydrogen-bond acceptors (Lipinski definition) is 3. The molecule has 108 valence electrons. The Hall–Kier alpha value is -2.04. The van der Waals surface area contributed by atoms with E-state index in [2.05, 4.69) is 5.32 Å². The second-order valence-electron chi connectivity index (χ2n) is 5.45. The molecule has 1 saturated carbocycles. The van der Waals surface area contributed by atoms with E-state index < -0.39 is 11.5 Å². The van der Waals surface area contributed by atoms with Gasteiger partial charge in [0.1, 0.15) is 0 Å². The number of aliphatic carboxylic acids is 1. The molecule has 4 N–H and O–H groups in total. The van der Waals surface area contributed by atoms with Crippen LogP contribution < -0.4 is 11.1 Å². The molecular weight excluding hydrogens is 256 g/mol. The minimum Gasteiger partial charge on any atom is -0.481 e. The van der Waals surface area contributed by atoms with Crippen LogP contribution in [0.15, 0.2) is 24.3 Å². The highest BCUT2D eigenvalue weighted by Gasteiger charge is 2.40. The molecule has 1 aromatic rings. The number of amides is 1. The SMILES string of the molecule is Nc1ccccc1CCC(=O)NC1(CC(=O)O)CCC1. The van der Waals surface area contributed by atoms with Crippen molar-refractivity contribution in [3.05, 3.63) is 29.8 Å². The molecule has 0 atom stereocenters. The van der Waals surface area contributed by atoms with Gasteiger partial charge in [0, 0.05) is 12.1 Å². The van der Waals surface area contributed by atoms with Gasteiger partial charge in [-0.3, -0.25) is 9.59 Å². The highest BCUT2D eigenvalue weighted by atomic mass is 16.4. The summed E-state index contributed by atoms with van der Waals surface area (Å²) in [6, 6.07) is 7.46. The van der Waals surface area contributed by atoms with Crippen LogP contribution in [0, 0.1) is 0 Å². The van der Waals surface area contributed by atoms with Gasteiger partial charge >= 0.3 is 5.97 Å². The van der Waals surface area contributed by atoms with Crippen LogP contribution in [0.1, 0.15) is 37.7 Å². The van der Waals surface area contributed by atoms with Crippen LogP contribution >= 0.6 is 0 Å². The van der Waals surface area contributed by atoms with Gasteiger partial charge in [-0.2, -0.15) is 0 Å². The zero-order valence-electron chi connectivity index (χ0n) is 11.4. The zero-order valence-corrected chi connectivity index (χ0v) is 11.4. The van der Waals surface area contributed by atoms with Crippen molar-refractivity contribution in [2.75, 3.05) is 5.73 Å². The fourth-order valence-electron chi connectivity index (χ4n) is 2.61. The number of rotatable bonds is 6. The number of anilines is 1. The summed E-state index contributed by atoms with van der Waals surface area (Å²) in [5.74, 6) is -0.966. The van der Waals surface area contributed by atoms with E-state index in [1.54, 1.807) is 0 Å². The van der Waals surface area contributed by atoms with Crippen LogP contribution in [-0.2, 0) is 16.0 Å². The molecular formula is C15H20N2O3. The van der Waals surface area contributed by atoms with Crippen molar-refractivity contribution in [1.82, 2.24) is 5.32 Å². The molecule has 0 unspecified atom stereocenters. The minimum atomic E-state index is -0.864. The first-order valence-electron chi connectivity index (χ1n) is 6.87. The van der Waals surface area contributed by atoms with Crippen LogP contribution in [0.5, 0.6) is 0 Å². The van der Waals surface area contributed by atoms with Crippen molar-refractivity contribution in [1.29, 1.82) is 0 Å². The number of carboxylic acids is 1. The second-order valence-corrected chi connectivity index (χ2v) is 5.45. The Balaban J connectivity index is 1.86. The summed E-state index contributed by atoms with van der Waals surface area (Å²) in [4.78, 5) is 22.8. The molecule has 0 radical (unpaired) electrons. The number of nitrogens with two attached hydrogens (primary N) is 1. The molecule has 1 fully saturated rings. The van der Waals surface area contributed by atoms with E-state index in [1.807, 2.05) is 24.3 Å². The van der Waals surface area contributed by atoms with E-state index >= 15 is 0 Å². The number of carboxylic acid groups (broad SMARTS) is 1. The van der Waals surface area contributed by atoms with Crippen LogP contribution in [0.25, 0.3) is 0 Å². The molecule has 5 nitrogen and oxygen atoms in total. The summed E-state index contributed by atoms with van der Waals surface area (Å²) < 4.78 is 0. The Morgan fingerprint density at radius 2 is 2.00 bits per heavy atom. The van der Waals surface area contributed by atoms with Gasteiger partial charge in [0.15, 0.2) is 0 Å². The first kappa shape index (κ1) is 14.4. The molecule has 0 heterocycles. The third kappa shape index (κ3) is 3.50. The molecule has 0 saturated heterocycles. The van der Waals surface area contributed by atoms with Crippen molar-refractivity contribution < 1.29 is 14.7 Å². The van der Waals surface area contributed by atoms with Crippen molar-refractivity contribution >= 4 is 17.6 Å². The Bertz CT molecular complexity index is 510. The smallest absolute Gasteiger partial charge is 0.305 e. The van der Waals surface area contributed by atoms with E-state index in [0.717, 1.165) is 24.8 Å². The average molecular weight is 276 g/mol. The molecule has 0 aromatic heterocycles. The van der Waals surface area contributed by atoms with Gasteiger partial charge < -0.3 is 16.2 Å².